The van der Waals surface area contributed by atoms with Crippen molar-refractivity contribution in [3.05, 3.63) is 82.9 Å². The van der Waals surface area contributed by atoms with Crippen LogP contribution in [0.1, 0.15) is 34.3 Å². The van der Waals surface area contributed by atoms with Gasteiger partial charge in [-0.25, -0.2) is 0 Å². The summed E-state index contributed by atoms with van der Waals surface area (Å²) >= 11 is 0. The maximum absolute atomic E-state index is 12.6. The zero-order chi connectivity index (χ0) is 18.5. The molecule has 2 heterocycles. The summed E-state index contributed by atoms with van der Waals surface area (Å²) in [5.74, 6) is -0.0704. The second kappa shape index (κ2) is 7.95. The summed E-state index contributed by atoms with van der Waals surface area (Å²) in [5, 5.41) is 7.48. The van der Waals surface area contributed by atoms with Gasteiger partial charge in [0.15, 0.2) is 0 Å². The number of nitrogens with zero attached hydrogens (tertiary/aromatic N) is 3. The fraction of sp³-hybridized carbons (Fsp3) is 0.286. The van der Waals surface area contributed by atoms with E-state index in [2.05, 4.69) is 46.6 Å². The van der Waals surface area contributed by atoms with Crippen LogP contribution in [-0.2, 0) is 17.8 Å². The predicted molar refractivity (Wildman–Crippen MR) is 102 cm³/mol. The maximum Gasteiger partial charge on any atom is 0.242 e. The van der Waals surface area contributed by atoms with Crippen molar-refractivity contribution < 1.29 is 4.79 Å². The summed E-state index contributed by atoms with van der Waals surface area (Å²) in [5.41, 5.74) is 5.13. The van der Waals surface area contributed by atoms with Crippen LogP contribution in [0.15, 0.2) is 54.7 Å². The molecule has 0 aliphatic heterocycles. The van der Waals surface area contributed by atoms with Crippen LogP contribution < -0.4 is 5.32 Å². The van der Waals surface area contributed by atoms with Crippen LogP contribution in [0.5, 0.6) is 0 Å². The molecule has 5 nitrogen and oxygen atoms in total. The predicted octanol–water partition coefficient (Wildman–Crippen LogP) is 3.30. The number of amides is 1. The highest BCUT2D eigenvalue weighted by atomic mass is 16.2. The van der Waals surface area contributed by atoms with Gasteiger partial charge in [0, 0.05) is 11.9 Å². The number of hydrogen-bond acceptors (Lipinski definition) is 3. The van der Waals surface area contributed by atoms with Crippen molar-refractivity contribution in [3.8, 4) is 0 Å². The fourth-order valence-electron chi connectivity index (χ4n) is 2.98. The normalized spacial score (nSPS) is 12.0. The number of benzene rings is 1. The van der Waals surface area contributed by atoms with Gasteiger partial charge in [-0.05, 0) is 51.0 Å². The molecule has 5 heteroatoms. The molecule has 0 fully saturated rings. The van der Waals surface area contributed by atoms with E-state index in [4.69, 9.17) is 0 Å². The highest BCUT2D eigenvalue weighted by Gasteiger charge is 2.17. The van der Waals surface area contributed by atoms with E-state index in [0.29, 0.717) is 6.42 Å². The lowest BCUT2D eigenvalue weighted by Gasteiger charge is -2.19. The third kappa shape index (κ3) is 4.57. The summed E-state index contributed by atoms with van der Waals surface area (Å²) < 4.78 is 1.73. The smallest absolute Gasteiger partial charge is 0.242 e. The first kappa shape index (κ1) is 17.9. The summed E-state index contributed by atoms with van der Waals surface area (Å²) in [6, 6.07) is 15.9. The summed E-state index contributed by atoms with van der Waals surface area (Å²) in [4.78, 5) is 17.0. The lowest BCUT2D eigenvalue weighted by Crippen LogP contribution is -2.33. The highest BCUT2D eigenvalue weighted by molar-refractivity contribution is 5.76. The first-order chi connectivity index (χ1) is 12.5. The lowest BCUT2D eigenvalue weighted by atomic mass is 10.0. The molecule has 26 heavy (non-hydrogen) atoms. The Bertz CT molecular complexity index is 869. The Balaban J connectivity index is 1.76. The zero-order valence-electron chi connectivity index (χ0n) is 15.4. The second-order valence-electron chi connectivity index (χ2n) is 6.65. The van der Waals surface area contributed by atoms with E-state index in [1.54, 1.807) is 10.9 Å². The zero-order valence-corrected chi connectivity index (χ0v) is 15.4. The standard InChI is InChI=1S/C21H24N4O/c1-15-7-9-18(10-8-15)13-20(19-6-4-5-11-22-19)23-21(26)14-25-17(3)12-16(2)24-25/h4-12,20H,13-14H2,1-3H3,(H,23,26)/t20-/m1/s1. The molecule has 0 bridgehead atoms. The molecule has 0 aliphatic carbocycles. The minimum absolute atomic E-state index is 0.0704. The van der Waals surface area contributed by atoms with Gasteiger partial charge in [0.25, 0.3) is 0 Å². The SMILES string of the molecule is Cc1ccc(C[C@@H](NC(=O)Cn2nc(C)cc2C)c2ccccn2)cc1. The molecule has 0 unspecified atom stereocenters. The third-order valence-corrected chi connectivity index (χ3v) is 4.34. The van der Waals surface area contributed by atoms with Crippen molar-refractivity contribution in [2.24, 2.45) is 0 Å². The average molecular weight is 348 g/mol. The van der Waals surface area contributed by atoms with E-state index in [-0.39, 0.29) is 18.5 Å². The molecule has 1 N–H and O–H groups in total. The quantitative estimate of drug-likeness (QED) is 0.743. The Morgan fingerprint density at radius 1 is 1.12 bits per heavy atom. The van der Waals surface area contributed by atoms with Crippen LogP contribution in [0.2, 0.25) is 0 Å². The topological polar surface area (TPSA) is 59.8 Å². The van der Waals surface area contributed by atoms with Crippen LogP contribution in [-0.4, -0.2) is 20.7 Å². The number of carbonyl (C=O) groups is 1. The minimum atomic E-state index is -0.177. The Hall–Kier alpha value is -2.95. The monoisotopic (exact) mass is 348 g/mol. The van der Waals surface area contributed by atoms with E-state index < -0.39 is 0 Å². The number of rotatable bonds is 6. The molecule has 2 aromatic heterocycles. The number of carbonyl (C=O) groups excluding carboxylic acids is 1. The largest absolute Gasteiger partial charge is 0.346 e. The Morgan fingerprint density at radius 3 is 2.50 bits per heavy atom. The molecule has 134 valence electrons. The van der Waals surface area contributed by atoms with Crippen molar-refractivity contribution in [1.82, 2.24) is 20.1 Å². The van der Waals surface area contributed by atoms with E-state index >= 15 is 0 Å². The third-order valence-electron chi connectivity index (χ3n) is 4.34. The first-order valence-electron chi connectivity index (χ1n) is 8.78. The molecule has 3 rings (SSSR count). The van der Waals surface area contributed by atoms with Crippen LogP contribution in [0.25, 0.3) is 0 Å². The molecule has 0 radical (unpaired) electrons. The van der Waals surface area contributed by atoms with Gasteiger partial charge in [0.2, 0.25) is 5.91 Å². The molecule has 1 aromatic carbocycles. The van der Waals surface area contributed by atoms with Gasteiger partial charge in [-0.2, -0.15) is 5.10 Å². The van der Waals surface area contributed by atoms with Gasteiger partial charge in [0.1, 0.15) is 6.54 Å². The number of pyridine rings is 1. The summed E-state index contributed by atoms with van der Waals surface area (Å²) in [6.45, 7) is 6.15. The van der Waals surface area contributed by atoms with E-state index in [9.17, 15) is 4.79 Å². The molecule has 0 spiro atoms. The van der Waals surface area contributed by atoms with Crippen LogP contribution >= 0.6 is 0 Å². The number of aryl methyl sites for hydroxylation is 3. The van der Waals surface area contributed by atoms with Gasteiger partial charge in [0.05, 0.1) is 17.4 Å². The van der Waals surface area contributed by atoms with Crippen molar-refractivity contribution in [2.75, 3.05) is 0 Å². The van der Waals surface area contributed by atoms with Crippen molar-refractivity contribution >= 4 is 5.91 Å². The molecule has 3 aromatic rings. The molecular formula is C21H24N4O. The van der Waals surface area contributed by atoms with E-state index in [0.717, 1.165) is 22.6 Å². The van der Waals surface area contributed by atoms with Crippen LogP contribution in [0.4, 0.5) is 0 Å². The average Bonchev–Trinajstić information content (AvgIpc) is 2.94. The maximum atomic E-state index is 12.6. The Morgan fingerprint density at radius 2 is 1.88 bits per heavy atom. The number of aromatic nitrogens is 3. The Kier molecular flexibility index (Phi) is 5.46. The Labute approximate surface area is 154 Å². The second-order valence-corrected chi connectivity index (χ2v) is 6.65. The lowest BCUT2D eigenvalue weighted by molar-refractivity contribution is -0.122. The van der Waals surface area contributed by atoms with Crippen molar-refractivity contribution in [3.63, 3.8) is 0 Å². The molecule has 1 amide bonds. The van der Waals surface area contributed by atoms with E-state index in [1.165, 1.54) is 5.56 Å². The molecule has 1 atom stereocenters. The van der Waals surface area contributed by atoms with Gasteiger partial charge in [-0.15, -0.1) is 0 Å². The summed E-state index contributed by atoms with van der Waals surface area (Å²) in [6.07, 6.45) is 2.45. The van der Waals surface area contributed by atoms with Gasteiger partial charge in [-0.1, -0.05) is 35.9 Å². The van der Waals surface area contributed by atoms with Gasteiger partial charge in [-0.3, -0.25) is 14.5 Å². The molecule has 0 saturated carbocycles. The van der Waals surface area contributed by atoms with Crippen molar-refractivity contribution in [2.45, 2.75) is 39.8 Å². The fourth-order valence-corrected chi connectivity index (χ4v) is 2.98. The summed E-state index contributed by atoms with van der Waals surface area (Å²) in [7, 11) is 0. The van der Waals surface area contributed by atoms with Crippen LogP contribution in [0, 0.1) is 20.8 Å². The van der Waals surface area contributed by atoms with Gasteiger partial charge < -0.3 is 5.32 Å². The molecule has 0 aliphatic rings. The molecular weight excluding hydrogens is 324 g/mol. The highest BCUT2D eigenvalue weighted by Crippen LogP contribution is 2.17. The molecule has 0 saturated heterocycles. The first-order valence-corrected chi connectivity index (χ1v) is 8.78. The minimum Gasteiger partial charge on any atom is -0.346 e. The van der Waals surface area contributed by atoms with Crippen molar-refractivity contribution in [1.29, 1.82) is 0 Å². The number of nitrogens with one attached hydrogen (secondary N) is 1. The number of hydrogen-bond donors (Lipinski definition) is 1. The van der Waals surface area contributed by atoms with E-state index in [1.807, 2.05) is 38.1 Å². The van der Waals surface area contributed by atoms with Gasteiger partial charge >= 0.3 is 0 Å². The van der Waals surface area contributed by atoms with Crippen LogP contribution in [0.3, 0.4) is 0 Å².